The number of rotatable bonds is 0. The van der Waals surface area contributed by atoms with Crippen LogP contribution in [0.2, 0.25) is 0 Å². The molecule has 0 aromatic rings. The van der Waals surface area contributed by atoms with Crippen molar-refractivity contribution in [3.63, 3.8) is 0 Å². The summed E-state index contributed by atoms with van der Waals surface area (Å²) in [5.74, 6) is 0.220. The minimum Gasteiger partial charge on any atom is -0.341 e. The standard InChI is InChI=1S/C7H12N2O.2ClH/c1-6(10)9-4-7(5-9)2-8-3-7;;/h8H,2-5H2,1H3;2*1H. The third-order valence-corrected chi connectivity index (χ3v) is 2.50. The number of halogens is 2. The highest BCUT2D eigenvalue weighted by Gasteiger charge is 2.48. The van der Waals surface area contributed by atoms with Gasteiger partial charge in [-0.3, -0.25) is 4.79 Å². The molecule has 0 aliphatic carbocycles. The van der Waals surface area contributed by atoms with E-state index < -0.39 is 0 Å². The van der Waals surface area contributed by atoms with Gasteiger partial charge in [0.1, 0.15) is 0 Å². The van der Waals surface area contributed by atoms with Crippen molar-refractivity contribution in [3.05, 3.63) is 0 Å². The van der Waals surface area contributed by atoms with E-state index in [1.54, 1.807) is 6.92 Å². The summed E-state index contributed by atoms with van der Waals surface area (Å²) in [4.78, 5) is 12.7. The molecule has 0 bridgehead atoms. The summed E-state index contributed by atoms with van der Waals surface area (Å²) in [5.41, 5.74) is 0.492. The average Bonchev–Trinajstić information content (AvgIpc) is 1.54. The second-order valence-corrected chi connectivity index (χ2v) is 3.48. The van der Waals surface area contributed by atoms with Crippen molar-refractivity contribution in [2.45, 2.75) is 6.92 Å². The van der Waals surface area contributed by atoms with Gasteiger partial charge in [-0.05, 0) is 0 Å². The lowest BCUT2D eigenvalue weighted by Crippen LogP contribution is -2.71. The van der Waals surface area contributed by atoms with Crippen molar-refractivity contribution in [1.82, 2.24) is 10.2 Å². The number of nitrogens with zero attached hydrogens (tertiary/aromatic N) is 1. The lowest BCUT2D eigenvalue weighted by molar-refractivity contribution is -0.144. The molecule has 0 radical (unpaired) electrons. The molecule has 2 aliphatic rings. The number of likely N-dealkylation sites (tertiary alicyclic amines) is 1. The Bertz CT molecular complexity index is 174. The van der Waals surface area contributed by atoms with Crippen LogP contribution in [0.15, 0.2) is 0 Å². The van der Waals surface area contributed by atoms with Gasteiger partial charge in [0.25, 0.3) is 0 Å². The lowest BCUT2D eigenvalue weighted by atomic mass is 9.74. The van der Waals surface area contributed by atoms with Gasteiger partial charge in [-0.2, -0.15) is 0 Å². The third kappa shape index (κ3) is 1.68. The third-order valence-electron chi connectivity index (χ3n) is 2.50. The Hall–Kier alpha value is 0.01000. The van der Waals surface area contributed by atoms with Gasteiger partial charge >= 0.3 is 0 Å². The molecule has 0 atom stereocenters. The van der Waals surface area contributed by atoms with Gasteiger partial charge in [-0.15, -0.1) is 24.8 Å². The minimum absolute atomic E-state index is 0. The summed E-state index contributed by atoms with van der Waals surface area (Å²) >= 11 is 0. The molecular formula is C7H14Cl2N2O. The van der Waals surface area contributed by atoms with E-state index in [0.717, 1.165) is 26.2 Å². The normalized spacial score (nSPS) is 22.9. The van der Waals surface area contributed by atoms with Crippen LogP contribution in [-0.4, -0.2) is 37.0 Å². The molecule has 5 heteroatoms. The maximum atomic E-state index is 10.8. The molecule has 3 nitrogen and oxygen atoms in total. The summed E-state index contributed by atoms with van der Waals surface area (Å²) in [6, 6.07) is 0. The number of amides is 1. The highest BCUT2D eigenvalue weighted by Crippen LogP contribution is 2.33. The van der Waals surface area contributed by atoms with Gasteiger partial charge in [0.15, 0.2) is 0 Å². The van der Waals surface area contributed by atoms with E-state index in [4.69, 9.17) is 0 Å². The SMILES string of the molecule is CC(=O)N1CC2(CNC2)C1.Cl.Cl. The zero-order valence-electron chi connectivity index (χ0n) is 7.00. The number of hydrogen-bond acceptors (Lipinski definition) is 2. The van der Waals surface area contributed by atoms with E-state index >= 15 is 0 Å². The zero-order valence-corrected chi connectivity index (χ0v) is 8.63. The first kappa shape index (κ1) is 12.0. The Morgan fingerprint density at radius 2 is 1.83 bits per heavy atom. The van der Waals surface area contributed by atoms with Gasteiger partial charge in [0, 0.05) is 38.5 Å². The van der Waals surface area contributed by atoms with E-state index in [9.17, 15) is 4.79 Å². The van der Waals surface area contributed by atoms with Crippen molar-refractivity contribution in [2.24, 2.45) is 5.41 Å². The maximum Gasteiger partial charge on any atom is 0.219 e. The molecular weight excluding hydrogens is 199 g/mol. The van der Waals surface area contributed by atoms with Gasteiger partial charge in [0.05, 0.1) is 0 Å². The second-order valence-electron chi connectivity index (χ2n) is 3.48. The molecule has 1 spiro atoms. The van der Waals surface area contributed by atoms with E-state index in [2.05, 4.69) is 5.32 Å². The van der Waals surface area contributed by atoms with Gasteiger partial charge in [0.2, 0.25) is 5.91 Å². The summed E-state index contributed by atoms with van der Waals surface area (Å²) in [6.07, 6.45) is 0. The van der Waals surface area contributed by atoms with E-state index in [-0.39, 0.29) is 30.7 Å². The van der Waals surface area contributed by atoms with E-state index in [1.165, 1.54) is 0 Å². The van der Waals surface area contributed by atoms with Crippen LogP contribution in [0.25, 0.3) is 0 Å². The summed E-state index contributed by atoms with van der Waals surface area (Å²) in [6.45, 7) is 5.82. The molecule has 0 unspecified atom stereocenters. The van der Waals surface area contributed by atoms with Crippen molar-refractivity contribution in [2.75, 3.05) is 26.2 Å². The molecule has 0 saturated carbocycles. The zero-order chi connectivity index (χ0) is 7.19. The topological polar surface area (TPSA) is 32.3 Å². The predicted octanol–water partition coefficient (Wildman–Crippen LogP) is 0.282. The molecule has 0 aromatic heterocycles. The summed E-state index contributed by atoms with van der Waals surface area (Å²) < 4.78 is 0. The molecule has 12 heavy (non-hydrogen) atoms. The van der Waals surface area contributed by atoms with Crippen molar-refractivity contribution >= 4 is 30.7 Å². The van der Waals surface area contributed by atoms with E-state index in [0.29, 0.717) is 5.41 Å². The molecule has 2 rings (SSSR count). The van der Waals surface area contributed by atoms with Crippen LogP contribution >= 0.6 is 24.8 Å². The van der Waals surface area contributed by atoms with Crippen molar-refractivity contribution in [3.8, 4) is 0 Å². The van der Waals surface area contributed by atoms with Gasteiger partial charge in [-0.25, -0.2) is 0 Å². The van der Waals surface area contributed by atoms with Crippen LogP contribution in [0.5, 0.6) is 0 Å². The minimum atomic E-state index is 0. The first-order valence-corrected chi connectivity index (χ1v) is 3.68. The van der Waals surface area contributed by atoms with Gasteiger partial charge in [-0.1, -0.05) is 0 Å². The molecule has 1 amide bonds. The highest BCUT2D eigenvalue weighted by atomic mass is 35.5. The molecule has 2 saturated heterocycles. The first-order chi connectivity index (χ1) is 4.72. The Morgan fingerprint density at radius 1 is 1.33 bits per heavy atom. The van der Waals surface area contributed by atoms with Gasteiger partial charge < -0.3 is 10.2 Å². The van der Waals surface area contributed by atoms with Crippen LogP contribution in [-0.2, 0) is 4.79 Å². The Kier molecular flexibility index (Phi) is 3.82. The predicted molar refractivity (Wildman–Crippen MR) is 52.1 cm³/mol. The van der Waals surface area contributed by atoms with Crippen LogP contribution in [0, 0.1) is 5.41 Å². The number of carbonyl (C=O) groups excluding carboxylic acids is 1. The highest BCUT2D eigenvalue weighted by molar-refractivity contribution is 5.85. The largest absolute Gasteiger partial charge is 0.341 e. The Balaban J connectivity index is 0.000000605. The number of nitrogens with one attached hydrogen (secondary N) is 1. The smallest absolute Gasteiger partial charge is 0.219 e. The number of carbonyl (C=O) groups is 1. The van der Waals surface area contributed by atoms with Crippen molar-refractivity contribution < 1.29 is 4.79 Å². The number of hydrogen-bond donors (Lipinski definition) is 1. The molecule has 0 aromatic carbocycles. The summed E-state index contributed by atoms with van der Waals surface area (Å²) in [7, 11) is 0. The monoisotopic (exact) mass is 212 g/mol. The summed E-state index contributed by atoms with van der Waals surface area (Å²) in [5, 5.41) is 3.23. The molecule has 2 heterocycles. The molecule has 72 valence electrons. The van der Waals surface area contributed by atoms with Crippen LogP contribution in [0.3, 0.4) is 0 Å². The fraction of sp³-hybridized carbons (Fsp3) is 0.857. The Labute approximate surface area is 84.7 Å². The van der Waals surface area contributed by atoms with Crippen LogP contribution in [0.1, 0.15) is 6.92 Å². The second kappa shape index (κ2) is 3.81. The molecule has 1 N–H and O–H groups in total. The fourth-order valence-electron chi connectivity index (χ4n) is 1.69. The van der Waals surface area contributed by atoms with Crippen molar-refractivity contribution in [1.29, 1.82) is 0 Å². The van der Waals surface area contributed by atoms with E-state index in [1.807, 2.05) is 4.90 Å². The lowest BCUT2D eigenvalue weighted by Gasteiger charge is -2.55. The average molecular weight is 213 g/mol. The maximum absolute atomic E-state index is 10.8. The molecule has 2 aliphatic heterocycles. The van der Waals surface area contributed by atoms with Crippen LogP contribution < -0.4 is 5.32 Å². The first-order valence-electron chi connectivity index (χ1n) is 3.68. The fourth-order valence-corrected chi connectivity index (χ4v) is 1.69. The van der Waals surface area contributed by atoms with Crippen LogP contribution in [0.4, 0.5) is 0 Å². The Morgan fingerprint density at radius 3 is 2.08 bits per heavy atom. The quantitative estimate of drug-likeness (QED) is 0.626. The molecule has 2 fully saturated rings.